The van der Waals surface area contributed by atoms with Crippen molar-refractivity contribution in [3.8, 4) is 0 Å². The molecule has 0 atom stereocenters. The number of hydrogen-bond acceptors (Lipinski definition) is 0. The van der Waals surface area contributed by atoms with Gasteiger partial charge in [0.05, 0.1) is 0 Å². The van der Waals surface area contributed by atoms with Gasteiger partial charge in [-0.3, -0.25) is 0 Å². The fourth-order valence-electron chi connectivity index (χ4n) is 0.479. The van der Waals surface area contributed by atoms with Crippen molar-refractivity contribution in [3.05, 3.63) is 12.2 Å². The van der Waals surface area contributed by atoms with Gasteiger partial charge in [-0.15, -0.1) is 6.58 Å². The van der Waals surface area contributed by atoms with Gasteiger partial charge in [0.25, 0.3) is 0 Å². The Morgan fingerprint density at radius 2 is 2.12 bits per heavy atom. The zero-order valence-corrected chi connectivity index (χ0v) is 7.45. The van der Waals surface area contributed by atoms with Crippen LogP contribution in [0.4, 0.5) is 0 Å². The predicted octanol–water partition coefficient (Wildman–Crippen LogP) is 2.60. The van der Waals surface area contributed by atoms with Gasteiger partial charge in [-0.05, 0) is 19.8 Å². The number of allylic oxidation sites excluding steroid dienone is 1. The number of hydrogen-bond donors (Lipinski definition) is 0. The molecule has 0 aromatic rings. The fraction of sp³-hybridized carbons (Fsp3) is 0.714. The van der Waals surface area contributed by atoms with Crippen LogP contribution in [0.1, 0.15) is 36.0 Å². The number of rotatable bonds is 3. The van der Waals surface area contributed by atoms with E-state index in [1.54, 1.807) is 0 Å². The van der Waals surface area contributed by atoms with Gasteiger partial charge in [0, 0.05) is 0 Å². The summed E-state index contributed by atoms with van der Waals surface area (Å²) in [4.78, 5) is 0. The maximum absolute atomic E-state index is 3.79. The van der Waals surface area contributed by atoms with E-state index in [0.717, 1.165) is 0 Å². The molecule has 0 bridgehead atoms. The Bertz CT molecular complexity index is 64.6. The van der Waals surface area contributed by atoms with Gasteiger partial charge in [0.1, 0.15) is 0 Å². The van der Waals surface area contributed by atoms with E-state index in [2.05, 4.69) is 20.4 Å². The SMILES string of the molecule is C=C(C)CCCC.[H-].[H-].[Mg+2]. The van der Waals surface area contributed by atoms with Crippen LogP contribution in [0.15, 0.2) is 12.2 Å². The summed E-state index contributed by atoms with van der Waals surface area (Å²) < 4.78 is 0. The predicted molar refractivity (Wildman–Crippen MR) is 42.3 cm³/mol. The average Bonchev–Trinajstić information content (AvgIpc) is 1.61. The molecule has 0 heterocycles. The Kier molecular flexibility index (Phi) is 10.6. The van der Waals surface area contributed by atoms with Crippen LogP contribution in [-0.4, -0.2) is 23.1 Å². The molecule has 0 aromatic carbocycles. The third-order valence-electron chi connectivity index (χ3n) is 0.957. The Morgan fingerprint density at radius 3 is 2.25 bits per heavy atom. The van der Waals surface area contributed by atoms with Gasteiger partial charge in [0.2, 0.25) is 0 Å². The van der Waals surface area contributed by atoms with Gasteiger partial charge in [-0.2, -0.15) is 0 Å². The minimum absolute atomic E-state index is 0. The van der Waals surface area contributed by atoms with E-state index >= 15 is 0 Å². The molecule has 0 radical (unpaired) electrons. The third kappa shape index (κ3) is 9.71. The standard InChI is InChI=1S/C7H14.Mg.2H/c1-4-5-6-7(2)3;;;/h2,4-6H2,1,3H3;;;/q;+2;2*-1. The van der Waals surface area contributed by atoms with Gasteiger partial charge >= 0.3 is 23.1 Å². The Hall–Kier alpha value is 0.506. The summed E-state index contributed by atoms with van der Waals surface area (Å²) in [5, 5.41) is 0. The van der Waals surface area contributed by atoms with E-state index < -0.39 is 0 Å². The van der Waals surface area contributed by atoms with Crippen molar-refractivity contribution in [1.82, 2.24) is 0 Å². The van der Waals surface area contributed by atoms with E-state index in [1.807, 2.05) is 0 Å². The number of unbranched alkanes of at least 4 members (excludes halogenated alkanes) is 1. The van der Waals surface area contributed by atoms with Crippen molar-refractivity contribution in [2.45, 2.75) is 33.1 Å². The molecule has 0 nitrogen and oxygen atoms in total. The van der Waals surface area contributed by atoms with E-state index in [0.29, 0.717) is 0 Å². The van der Waals surface area contributed by atoms with Crippen LogP contribution < -0.4 is 0 Å². The van der Waals surface area contributed by atoms with Crippen LogP contribution in [0, 0.1) is 0 Å². The molecule has 0 saturated heterocycles. The summed E-state index contributed by atoms with van der Waals surface area (Å²) in [5.74, 6) is 0. The molecule has 0 aliphatic carbocycles. The minimum Gasteiger partial charge on any atom is -1.00 e. The zero-order chi connectivity index (χ0) is 5.70. The topological polar surface area (TPSA) is 0 Å². The maximum Gasteiger partial charge on any atom is 2.00 e. The van der Waals surface area contributed by atoms with Crippen LogP contribution in [0.5, 0.6) is 0 Å². The molecule has 1 heteroatoms. The first-order valence-corrected chi connectivity index (χ1v) is 2.91. The van der Waals surface area contributed by atoms with Crippen LogP contribution in [0.25, 0.3) is 0 Å². The quantitative estimate of drug-likeness (QED) is 0.401. The molecule has 46 valence electrons. The van der Waals surface area contributed by atoms with Gasteiger partial charge in [-0.25, -0.2) is 0 Å². The van der Waals surface area contributed by atoms with Crippen LogP contribution >= 0.6 is 0 Å². The van der Waals surface area contributed by atoms with Crippen molar-refractivity contribution >= 4 is 23.1 Å². The molecule has 0 saturated carbocycles. The Morgan fingerprint density at radius 1 is 1.62 bits per heavy atom. The Balaban J connectivity index is -0.0000000600. The average molecular weight is 125 g/mol. The normalized spacial score (nSPS) is 7.75. The van der Waals surface area contributed by atoms with E-state index in [9.17, 15) is 0 Å². The molecule has 0 aromatic heterocycles. The fourth-order valence-corrected chi connectivity index (χ4v) is 0.479. The van der Waals surface area contributed by atoms with Crippen molar-refractivity contribution in [1.29, 1.82) is 0 Å². The van der Waals surface area contributed by atoms with E-state index in [1.165, 1.54) is 24.8 Å². The van der Waals surface area contributed by atoms with E-state index in [4.69, 9.17) is 0 Å². The van der Waals surface area contributed by atoms with E-state index in [-0.39, 0.29) is 25.9 Å². The summed E-state index contributed by atoms with van der Waals surface area (Å²) >= 11 is 0. The molecule has 0 spiro atoms. The first-order chi connectivity index (χ1) is 3.27. The zero-order valence-electron chi connectivity index (χ0n) is 8.04. The molecule has 0 unspecified atom stereocenters. The summed E-state index contributed by atoms with van der Waals surface area (Å²) in [6.45, 7) is 8.07. The smallest absolute Gasteiger partial charge is 1.00 e. The van der Waals surface area contributed by atoms with Gasteiger partial charge in [0.15, 0.2) is 0 Å². The monoisotopic (exact) mass is 124 g/mol. The third-order valence-corrected chi connectivity index (χ3v) is 0.957. The maximum atomic E-state index is 3.79. The van der Waals surface area contributed by atoms with Gasteiger partial charge in [-0.1, -0.05) is 18.9 Å². The molecule has 0 aliphatic heterocycles. The molecule has 0 N–H and O–H groups in total. The molecular weight excluding hydrogens is 108 g/mol. The van der Waals surface area contributed by atoms with Crippen molar-refractivity contribution in [2.24, 2.45) is 0 Å². The molecule has 0 amide bonds. The summed E-state index contributed by atoms with van der Waals surface area (Å²) in [6.07, 6.45) is 3.79. The van der Waals surface area contributed by atoms with Crippen LogP contribution in [0.3, 0.4) is 0 Å². The molecule has 0 aliphatic rings. The second-order valence-corrected chi connectivity index (χ2v) is 2.06. The minimum atomic E-state index is 0. The van der Waals surface area contributed by atoms with Crippen LogP contribution in [-0.2, 0) is 0 Å². The molecule has 8 heavy (non-hydrogen) atoms. The Labute approximate surface area is 71.5 Å². The van der Waals surface area contributed by atoms with Crippen molar-refractivity contribution in [3.63, 3.8) is 0 Å². The largest absolute Gasteiger partial charge is 2.00 e. The second-order valence-electron chi connectivity index (χ2n) is 2.06. The molecular formula is C7H16Mg. The second kappa shape index (κ2) is 7.51. The van der Waals surface area contributed by atoms with Crippen molar-refractivity contribution < 1.29 is 2.85 Å². The summed E-state index contributed by atoms with van der Waals surface area (Å²) in [7, 11) is 0. The van der Waals surface area contributed by atoms with Crippen molar-refractivity contribution in [2.75, 3.05) is 0 Å². The molecule has 0 fully saturated rings. The first kappa shape index (κ1) is 11.3. The molecule has 0 rings (SSSR count). The first-order valence-electron chi connectivity index (χ1n) is 2.91. The summed E-state index contributed by atoms with van der Waals surface area (Å²) in [6, 6.07) is 0. The van der Waals surface area contributed by atoms with Gasteiger partial charge < -0.3 is 2.85 Å². The van der Waals surface area contributed by atoms with Crippen LogP contribution in [0.2, 0.25) is 0 Å². The summed E-state index contributed by atoms with van der Waals surface area (Å²) in [5.41, 5.74) is 1.31.